The molecule has 0 amide bonds. The summed E-state index contributed by atoms with van der Waals surface area (Å²) < 4.78 is 12.0. The van der Waals surface area contributed by atoms with E-state index in [1.165, 1.54) is 0 Å². The second kappa shape index (κ2) is 6.07. The molecule has 96 valence electrons. The molecule has 2 unspecified atom stereocenters. The van der Waals surface area contributed by atoms with E-state index in [4.69, 9.17) is 5.73 Å². The number of hydrogen-bond donors (Lipinski definition) is 1. The third kappa shape index (κ3) is 3.15. The van der Waals surface area contributed by atoms with Gasteiger partial charge >= 0.3 is 0 Å². The van der Waals surface area contributed by atoms with Crippen LogP contribution in [0.4, 0.5) is 0 Å². The summed E-state index contributed by atoms with van der Waals surface area (Å²) in [5, 5.41) is 1.09. The molecule has 0 saturated carbocycles. The average molecular weight is 262 g/mol. The minimum Gasteiger partial charge on any atom is -0.327 e. The van der Waals surface area contributed by atoms with E-state index in [0.29, 0.717) is 11.5 Å². The van der Waals surface area contributed by atoms with Crippen molar-refractivity contribution in [3.63, 3.8) is 0 Å². The van der Waals surface area contributed by atoms with Gasteiger partial charge in [0.2, 0.25) is 0 Å². The predicted molar refractivity (Wildman–Crippen MR) is 76.7 cm³/mol. The fourth-order valence-corrected chi connectivity index (χ4v) is 3.28. The highest BCUT2D eigenvalue weighted by atomic mass is 32.2. The monoisotopic (exact) mass is 262 g/mol. The summed E-state index contributed by atoms with van der Waals surface area (Å²) in [7, 11) is -0.922. The molecule has 18 heavy (non-hydrogen) atoms. The molecule has 0 aliphatic heterocycles. The Morgan fingerprint density at radius 3 is 2.89 bits per heavy atom. The lowest BCUT2D eigenvalue weighted by molar-refractivity contribution is 0.663. The smallest absolute Gasteiger partial charge is 0.0743 e. The van der Waals surface area contributed by atoms with Crippen LogP contribution in [0.15, 0.2) is 36.5 Å². The highest BCUT2D eigenvalue weighted by Gasteiger charge is 2.09. The zero-order valence-corrected chi connectivity index (χ0v) is 11.3. The molecule has 2 aromatic rings. The maximum Gasteiger partial charge on any atom is 0.0743 e. The van der Waals surface area contributed by atoms with Crippen LogP contribution in [0, 0.1) is 0 Å². The SMILES string of the molecule is CCC(N)CS(=O)Cc1cccc2cccnc12. The van der Waals surface area contributed by atoms with E-state index < -0.39 is 10.8 Å². The Kier molecular flexibility index (Phi) is 4.44. The standard InChI is InChI=1S/C14H18N2OS/c1-2-13(15)10-18(17)9-12-6-3-5-11-7-4-8-16-14(11)12/h3-8,13H,2,9-10,15H2,1H3. The van der Waals surface area contributed by atoms with Crippen LogP contribution in [0.2, 0.25) is 0 Å². The predicted octanol–water partition coefficient (Wildman–Crippen LogP) is 2.22. The Morgan fingerprint density at radius 1 is 1.33 bits per heavy atom. The summed E-state index contributed by atoms with van der Waals surface area (Å²) in [6.45, 7) is 2.02. The summed E-state index contributed by atoms with van der Waals surface area (Å²) >= 11 is 0. The van der Waals surface area contributed by atoms with Crippen molar-refractivity contribution in [3.05, 3.63) is 42.1 Å². The normalized spacial score (nSPS) is 14.6. The van der Waals surface area contributed by atoms with Gasteiger partial charge in [0.15, 0.2) is 0 Å². The molecule has 0 fully saturated rings. The lowest BCUT2D eigenvalue weighted by Crippen LogP contribution is -2.26. The van der Waals surface area contributed by atoms with E-state index in [1.54, 1.807) is 6.20 Å². The van der Waals surface area contributed by atoms with Gasteiger partial charge in [0.05, 0.1) is 11.3 Å². The molecule has 0 spiro atoms. The van der Waals surface area contributed by atoms with Crippen LogP contribution in [-0.2, 0) is 16.6 Å². The van der Waals surface area contributed by atoms with Crippen molar-refractivity contribution >= 4 is 21.7 Å². The third-order valence-electron chi connectivity index (χ3n) is 2.96. The van der Waals surface area contributed by atoms with E-state index in [-0.39, 0.29) is 6.04 Å². The zero-order chi connectivity index (χ0) is 13.0. The Labute approximate surface area is 110 Å². The Hall–Kier alpha value is -1.26. The van der Waals surface area contributed by atoms with Gasteiger partial charge in [-0.3, -0.25) is 9.19 Å². The lowest BCUT2D eigenvalue weighted by atomic mass is 10.1. The van der Waals surface area contributed by atoms with Gasteiger partial charge in [0, 0.05) is 34.2 Å². The molecule has 0 saturated heterocycles. The van der Waals surface area contributed by atoms with Gasteiger partial charge in [-0.25, -0.2) is 0 Å². The summed E-state index contributed by atoms with van der Waals surface area (Å²) in [6, 6.07) is 9.95. The molecule has 0 radical (unpaired) electrons. The molecule has 1 aromatic carbocycles. The maximum atomic E-state index is 12.0. The number of para-hydroxylation sites is 1. The summed E-state index contributed by atoms with van der Waals surface area (Å²) in [4.78, 5) is 4.37. The number of nitrogens with two attached hydrogens (primary N) is 1. The van der Waals surface area contributed by atoms with Gasteiger partial charge in [-0.15, -0.1) is 0 Å². The van der Waals surface area contributed by atoms with E-state index in [1.807, 2.05) is 37.3 Å². The topological polar surface area (TPSA) is 56.0 Å². The highest BCUT2D eigenvalue weighted by Crippen LogP contribution is 2.17. The molecule has 2 N–H and O–H groups in total. The van der Waals surface area contributed by atoms with Crippen LogP contribution in [-0.4, -0.2) is 21.0 Å². The molecule has 1 heterocycles. The Bertz CT molecular complexity index is 551. The number of rotatable bonds is 5. The molecule has 3 nitrogen and oxygen atoms in total. The van der Waals surface area contributed by atoms with Crippen LogP contribution in [0.25, 0.3) is 10.9 Å². The van der Waals surface area contributed by atoms with Crippen molar-refractivity contribution < 1.29 is 4.21 Å². The number of benzene rings is 1. The van der Waals surface area contributed by atoms with Crippen molar-refractivity contribution in [1.29, 1.82) is 0 Å². The number of hydrogen-bond acceptors (Lipinski definition) is 3. The molecular formula is C14H18N2OS. The highest BCUT2D eigenvalue weighted by molar-refractivity contribution is 7.84. The third-order valence-corrected chi connectivity index (χ3v) is 4.39. The van der Waals surface area contributed by atoms with Gasteiger partial charge in [-0.05, 0) is 18.1 Å². The van der Waals surface area contributed by atoms with Crippen LogP contribution >= 0.6 is 0 Å². The molecule has 0 aliphatic rings. The average Bonchev–Trinajstić information content (AvgIpc) is 2.39. The van der Waals surface area contributed by atoms with Crippen molar-refractivity contribution in [2.45, 2.75) is 25.1 Å². The van der Waals surface area contributed by atoms with Crippen molar-refractivity contribution in [2.24, 2.45) is 5.73 Å². The molecular weight excluding hydrogens is 244 g/mol. The van der Waals surface area contributed by atoms with E-state index in [0.717, 1.165) is 22.9 Å². The van der Waals surface area contributed by atoms with Gasteiger partial charge in [-0.2, -0.15) is 0 Å². The molecule has 4 heteroatoms. The molecule has 0 aliphatic carbocycles. The minimum absolute atomic E-state index is 0.0220. The zero-order valence-electron chi connectivity index (χ0n) is 10.5. The number of aromatic nitrogens is 1. The summed E-state index contributed by atoms with van der Waals surface area (Å²) in [6.07, 6.45) is 2.63. The van der Waals surface area contributed by atoms with Crippen molar-refractivity contribution in [1.82, 2.24) is 4.98 Å². The molecule has 2 rings (SSSR count). The van der Waals surface area contributed by atoms with Gasteiger partial charge in [0.1, 0.15) is 0 Å². The minimum atomic E-state index is -0.922. The lowest BCUT2D eigenvalue weighted by Gasteiger charge is -2.09. The van der Waals surface area contributed by atoms with E-state index in [9.17, 15) is 4.21 Å². The molecule has 0 bridgehead atoms. The number of pyridine rings is 1. The first-order chi connectivity index (χ1) is 8.70. The Morgan fingerprint density at radius 2 is 2.11 bits per heavy atom. The molecule has 1 aromatic heterocycles. The van der Waals surface area contributed by atoms with Crippen LogP contribution in [0.3, 0.4) is 0 Å². The van der Waals surface area contributed by atoms with Crippen LogP contribution < -0.4 is 5.73 Å². The first-order valence-electron chi connectivity index (χ1n) is 6.14. The first kappa shape index (κ1) is 13.2. The van der Waals surface area contributed by atoms with Gasteiger partial charge in [-0.1, -0.05) is 31.2 Å². The Balaban J connectivity index is 2.19. The molecule has 2 atom stereocenters. The fourth-order valence-electron chi connectivity index (χ4n) is 1.87. The van der Waals surface area contributed by atoms with Crippen molar-refractivity contribution in [2.75, 3.05) is 5.75 Å². The van der Waals surface area contributed by atoms with Gasteiger partial charge in [0.25, 0.3) is 0 Å². The van der Waals surface area contributed by atoms with Crippen LogP contribution in [0.5, 0.6) is 0 Å². The second-order valence-corrected chi connectivity index (χ2v) is 5.91. The summed E-state index contributed by atoms with van der Waals surface area (Å²) in [5.74, 6) is 1.09. The first-order valence-corrected chi connectivity index (χ1v) is 7.62. The van der Waals surface area contributed by atoms with Crippen molar-refractivity contribution in [3.8, 4) is 0 Å². The van der Waals surface area contributed by atoms with Crippen LogP contribution in [0.1, 0.15) is 18.9 Å². The van der Waals surface area contributed by atoms with Gasteiger partial charge < -0.3 is 5.73 Å². The van der Waals surface area contributed by atoms with E-state index >= 15 is 0 Å². The number of nitrogens with zero attached hydrogens (tertiary/aromatic N) is 1. The fraction of sp³-hybridized carbons (Fsp3) is 0.357. The van der Waals surface area contributed by atoms with E-state index in [2.05, 4.69) is 4.98 Å². The summed E-state index contributed by atoms with van der Waals surface area (Å²) in [5.41, 5.74) is 7.81. The number of fused-ring (bicyclic) bond motifs is 1. The largest absolute Gasteiger partial charge is 0.327 e. The quantitative estimate of drug-likeness (QED) is 0.899. The second-order valence-electron chi connectivity index (χ2n) is 4.41. The maximum absolute atomic E-state index is 12.0.